The number of hydrogen-bond donors (Lipinski definition) is 0. The normalized spacial score (nSPS) is 14.2. The van der Waals surface area contributed by atoms with E-state index >= 15 is 0 Å². The molecule has 0 spiro atoms. The summed E-state index contributed by atoms with van der Waals surface area (Å²) >= 11 is 0. The fraction of sp³-hybridized carbons (Fsp3) is 0.314. The van der Waals surface area contributed by atoms with Crippen LogP contribution in [0.5, 0.6) is 5.75 Å². The van der Waals surface area contributed by atoms with Crippen molar-refractivity contribution in [1.82, 2.24) is 14.3 Å². The van der Waals surface area contributed by atoms with Crippen molar-refractivity contribution in [2.75, 3.05) is 19.8 Å². The zero-order chi connectivity index (χ0) is 31.6. The lowest BCUT2D eigenvalue weighted by atomic mass is 9.98. The highest BCUT2D eigenvalue weighted by Crippen LogP contribution is 2.39. The van der Waals surface area contributed by atoms with Crippen molar-refractivity contribution in [3.63, 3.8) is 0 Å². The highest BCUT2D eigenvalue weighted by molar-refractivity contribution is 6.05. The van der Waals surface area contributed by atoms with Gasteiger partial charge in [-0.25, -0.2) is 4.79 Å². The minimum atomic E-state index is -4.44. The molecule has 0 saturated heterocycles. The summed E-state index contributed by atoms with van der Waals surface area (Å²) in [6.07, 6.45) is 0.470. The summed E-state index contributed by atoms with van der Waals surface area (Å²) in [4.78, 5) is 13.6. The number of ether oxygens (including phenoxy) is 3. The summed E-state index contributed by atoms with van der Waals surface area (Å²) in [6.45, 7) is 3.46. The Morgan fingerprint density at radius 3 is 2.62 bits per heavy atom. The fourth-order valence-corrected chi connectivity index (χ4v) is 6.16. The van der Waals surface area contributed by atoms with Gasteiger partial charge in [-0.15, -0.1) is 0 Å². The number of carbonyl (C=O) groups is 1. The Labute approximate surface area is 258 Å². The molecule has 234 valence electrons. The van der Waals surface area contributed by atoms with Gasteiger partial charge in [0, 0.05) is 34.1 Å². The van der Waals surface area contributed by atoms with Crippen LogP contribution in [0.3, 0.4) is 0 Å². The van der Waals surface area contributed by atoms with Crippen LogP contribution in [0.25, 0.3) is 32.8 Å². The van der Waals surface area contributed by atoms with Crippen molar-refractivity contribution in [3.8, 4) is 16.9 Å². The van der Waals surface area contributed by atoms with Crippen LogP contribution in [0.1, 0.15) is 40.8 Å². The van der Waals surface area contributed by atoms with Gasteiger partial charge < -0.3 is 18.8 Å². The van der Waals surface area contributed by atoms with E-state index in [0.29, 0.717) is 54.2 Å². The smallest absolute Gasteiger partial charge is 0.408 e. The lowest BCUT2D eigenvalue weighted by Gasteiger charge is -2.13. The second-order valence-electron chi connectivity index (χ2n) is 11.0. The highest BCUT2D eigenvalue weighted by atomic mass is 19.4. The number of fused-ring (bicyclic) bond motifs is 3. The lowest BCUT2D eigenvalue weighted by molar-refractivity contribution is -0.143. The summed E-state index contributed by atoms with van der Waals surface area (Å²) in [5, 5.41) is 7.29. The van der Waals surface area contributed by atoms with Gasteiger partial charge in [0.25, 0.3) is 0 Å². The van der Waals surface area contributed by atoms with Crippen LogP contribution in [0.2, 0.25) is 0 Å². The van der Waals surface area contributed by atoms with Crippen molar-refractivity contribution in [2.24, 2.45) is 0 Å². The third-order valence-corrected chi connectivity index (χ3v) is 8.02. The van der Waals surface area contributed by atoms with Crippen LogP contribution >= 0.6 is 0 Å². The van der Waals surface area contributed by atoms with E-state index < -0.39 is 18.7 Å². The molecule has 6 rings (SSSR count). The van der Waals surface area contributed by atoms with Crippen LogP contribution in [-0.2, 0) is 35.6 Å². The van der Waals surface area contributed by atoms with Crippen molar-refractivity contribution in [1.29, 1.82) is 0 Å². The number of rotatable bonds is 8. The summed E-state index contributed by atoms with van der Waals surface area (Å²) in [5.41, 5.74) is 4.04. The maximum Gasteiger partial charge on any atom is 0.408 e. The number of allylic oxidation sites excluding steroid dienone is 1. The molecule has 0 unspecified atom stereocenters. The predicted molar refractivity (Wildman–Crippen MR) is 166 cm³/mol. The number of halogens is 3. The van der Waals surface area contributed by atoms with E-state index in [2.05, 4.69) is 5.10 Å². The quantitative estimate of drug-likeness (QED) is 0.101. The largest absolute Gasteiger partial charge is 0.493 e. The molecule has 0 saturated carbocycles. The van der Waals surface area contributed by atoms with E-state index in [1.54, 1.807) is 13.8 Å². The maximum atomic E-state index is 13.6. The van der Waals surface area contributed by atoms with Crippen LogP contribution in [0.15, 0.2) is 72.8 Å². The molecule has 5 aromatic rings. The zero-order valence-electron chi connectivity index (χ0n) is 25.2. The second kappa shape index (κ2) is 12.8. The van der Waals surface area contributed by atoms with Crippen molar-refractivity contribution >= 4 is 27.6 Å². The van der Waals surface area contributed by atoms with Crippen molar-refractivity contribution in [2.45, 2.75) is 52.6 Å². The second-order valence-corrected chi connectivity index (χ2v) is 11.0. The summed E-state index contributed by atoms with van der Waals surface area (Å²) in [6, 6.07) is 19.7. The molecular formula is C35H34F3N3O4. The van der Waals surface area contributed by atoms with Gasteiger partial charge in [0.15, 0.2) is 0 Å². The summed E-state index contributed by atoms with van der Waals surface area (Å²) < 4.78 is 60.9. The monoisotopic (exact) mass is 617 g/mol. The number of esters is 1. The first-order valence-corrected chi connectivity index (χ1v) is 15.0. The molecule has 0 bridgehead atoms. The SMILES string of the molecule is CCOC(=O)c1c(CCCOc2cccc3ccccc23)c2cccc3c2n1C/C=C\COCc1nn(CC(F)(F)F)c(C)c1-3. The molecule has 0 radical (unpaired) electrons. The summed E-state index contributed by atoms with van der Waals surface area (Å²) in [7, 11) is 0. The van der Waals surface area contributed by atoms with Crippen LogP contribution in [-0.4, -0.2) is 46.3 Å². The molecule has 45 heavy (non-hydrogen) atoms. The molecule has 3 aromatic carbocycles. The van der Waals surface area contributed by atoms with Gasteiger partial charge in [0.05, 0.1) is 37.6 Å². The van der Waals surface area contributed by atoms with Crippen LogP contribution in [0.4, 0.5) is 13.2 Å². The number of nitrogens with zero attached hydrogens (tertiary/aromatic N) is 3. The van der Waals surface area contributed by atoms with Gasteiger partial charge in [0.1, 0.15) is 18.0 Å². The van der Waals surface area contributed by atoms with Crippen molar-refractivity contribution < 1.29 is 32.2 Å². The Morgan fingerprint density at radius 2 is 1.80 bits per heavy atom. The number of para-hydroxylation sites is 1. The minimum absolute atomic E-state index is 0.0472. The molecule has 0 aliphatic carbocycles. The molecule has 1 aliphatic heterocycles. The van der Waals surface area contributed by atoms with Gasteiger partial charge in [-0.3, -0.25) is 4.68 Å². The van der Waals surface area contributed by atoms with E-state index in [4.69, 9.17) is 14.2 Å². The van der Waals surface area contributed by atoms with Gasteiger partial charge in [-0.05, 0) is 43.7 Å². The zero-order valence-corrected chi connectivity index (χ0v) is 25.2. The first-order chi connectivity index (χ1) is 21.8. The molecule has 7 nitrogen and oxygen atoms in total. The molecular weight excluding hydrogens is 583 g/mol. The number of hydrogen-bond acceptors (Lipinski definition) is 5. The number of alkyl halides is 3. The van der Waals surface area contributed by atoms with Gasteiger partial charge >= 0.3 is 12.1 Å². The molecule has 0 fully saturated rings. The predicted octanol–water partition coefficient (Wildman–Crippen LogP) is 7.80. The topological polar surface area (TPSA) is 67.5 Å². The maximum absolute atomic E-state index is 13.6. The fourth-order valence-electron chi connectivity index (χ4n) is 6.16. The van der Waals surface area contributed by atoms with Crippen molar-refractivity contribution in [3.05, 3.63) is 95.5 Å². The van der Waals surface area contributed by atoms with Gasteiger partial charge in [-0.2, -0.15) is 18.3 Å². The Morgan fingerprint density at radius 1 is 1.02 bits per heavy atom. The minimum Gasteiger partial charge on any atom is -0.493 e. The Hall–Kier alpha value is -4.57. The van der Waals surface area contributed by atoms with Crippen LogP contribution in [0, 0.1) is 6.92 Å². The van der Waals surface area contributed by atoms with Gasteiger partial charge in [-0.1, -0.05) is 66.7 Å². The Kier molecular flexibility index (Phi) is 8.67. The molecule has 0 atom stereocenters. The number of carbonyl (C=O) groups excluding carboxylic acids is 1. The lowest BCUT2D eigenvalue weighted by Crippen LogP contribution is -2.19. The Balaban J connectivity index is 1.44. The van der Waals surface area contributed by atoms with Crippen LogP contribution < -0.4 is 4.74 Å². The van der Waals surface area contributed by atoms with E-state index in [0.717, 1.165) is 37.7 Å². The molecule has 0 amide bonds. The molecule has 10 heteroatoms. The van der Waals surface area contributed by atoms with Gasteiger partial charge in [0.2, 0.25) is 0 Å². The molecule has 2 aromatic heterocycles. The third kappa shape index (κ3) is 6.20. The average Bonchev–Trinajstić information content (AvgIpc) is 3.48. The first-order valence-electron chi connectivity index (χ1n) is 15.0. The molecule has 1 aliphatic rings. The van der Waals surface area contributed by atoms with E-state index in [1.165, 1.54) is 0 Å². The standard InChI is InChI=1S/C35H34F3N3O4/c1-3-44-34(42)33-27(16-10-20-45-30-17-8-12-24-11-4-5-13-25(24)30)26-14-9-15-28-31-23(2)41(22-35(36,37)38)39-29(31)21-43-19-7-6-18-40(33)32(26)28/h4-9,11-15,17H,3,10,16,18-22H2,1-2H3/b7-6-. The first kappa shape index (κ1) is 30.5. The van der Waals surface area contributed by atoms with E-state index in [-0.39, 0.29) is 19.8 Å². The number of benzene rings is 3. The molecule has 3 heterocycles. The summed E-state index contributed by atoms with van der Waals surface area (Å²) in [5.74, 6) is 0.345. The average molecular weight is 618 g/mol. The van der Waals surface area contributed by atoms with E-state index in [9.17, 15) is 18.0 Å². The molecule has 0 N–H and O–H groups in total. The number of aryl methyl sites for hydroxylation is 1. The third-order valence-electron chi connectivity index (χ3n) is 8.02. The Bertz CT molecular complexity index is 1880. The van der Waals surface area contributed by atoms with E-state index in [1.807, 2.05) is 77.4 Å². The highest BCUT2D eigenvalue weighted by Gasteiger charge is 2.32. The number of aromatic nitrogens is 3.